The van der Waals surface area contributed by atoms with E-state index in [0.29, 0.717) is 41.5 Å². The minimum absolute atomic E-state index is 0.0193. The van der Waals surface area contributed by atoms with Crippen molar-refractivity contribution in [3.63, 3.8) is 0 Å². The van der Waals surface area contributed by atoms with Gasteiger partial charge in [-0.15, -0.1) is 0 Å². The fraction of sp³-hybridized carbons (Fsp3) is 0.357. The van der Waals surface area contributed by atoms with Gasteiger partial charge in [-0.05, 0) is 78.8 Å². The number of carboxylic acid groups (broad SMARTS) is 1. The van der Waals surface area contributed by atoms with Crippen LogP contribution >= 0.6 is 0 Å². The maximum absolute atomic E-state index is 13.6. The average Bonchev–Trinajstić information content (AvgIpc) is 3.28. The van der Waals surface area contributed by atoms with Crippen LogP contribution in [0.4, 0.5) is 19.0 Å². The second-order valence-electron chi connectivity index (χ2n) is 8.98. The zero-order chi connectivity index (χ0) is 27.3. The number of benzene rings is 2. The molecule has 0 bridgehead atoms. The predicted molar refractivity (Wildman–Crippen MR) is 136 cm³/mol. The van der Waals surface area contributed by atoms with Gasteiger partial charge < -0.3 is 24.6 Å². The number of aryl methyl sites for hydroxylation is 1. The van der Waals surface area contributed by atoms with Crippen molar-refractivity contribution >= 4 is 11.8 Å². The highest BCUT2D eigenvalue weighted by Gasteiger charge is 2.34. The van der Waals surface area contributed by atoms with Crippen LogP contribution in [0, 0.1) is 0 Å². The van der Waals surface area contributed by atoms with Crippen LogP contribution in [0.15, 0.2) is 48.5 Å². The number of halogens is 3. The molecule has 38 heavy (non-hydrogen) atoms. The molecule has 1 aliphatic carbocycles. The lowest BCUT2D eigenvalue weighted by Crippen LogP contribution is -2.15. The SMILES string of the molecule is COc1ccc(-c2ccc(C(F)(F)F)c(NCCCOc3ccc4c(c3)CC[C@H]4CC(=O)O)n2)cc1OC. The third-order valence-corrected chi connectivity index (χ3v) is 6.50. The van der Waals surface area contributed by atoms with Crippen LogP contribution in [-0.2, 0) is 17.4 Å². The van der Waals surface area contributed by atoms with Gasteiger partial charge in [-0.1, -0.05) is 6.07 Å². The van der Waals surface area contributed by atoms with Gasteiger partial charge in [0.05, 0.1) is 38.5 Å². The first kappa shape index (κ1) is 27.1. The van der Waals surface area contributed by atoms with Gasteiger partial charge in [-0.2, -0.15) is 13.2 Å². The van der Waals surface area contributed by atoms with Crippen LogP contribution in [0.5, 0.6) is 17.2 Å². The molecule has 2 N–H and O–H groups in total. The quantitative estimate of drug-likeness (QED) is 0.287. The number of nitrogens with one attached hydrogen (secondary N) is 1. The van der Waals surface area contributed by atoms with E-state index in [1.807, 2.05) is 18.2 Å². The molecule has 4 rings (SSSR count). The molecule has 0 radical (unpaired) electrons. The van der Waals surface area contributed by atoms with Gasteiger partial charge in [0, 0.05) is 12.1 Å². The highest BCUT2D eigenvalue weighted by molar-refractivity contribution is 5.69. The van der Waals surface area contributed by atoms with Crippen LogP contribution in [0.3, 0.4) is 0 Å². The number of aromatic nitrogens is 1. The third kappa shape index (κ3) is 6.30. The van der Waals surface area contributed by atoms with Crippen molar-refractivity contribution in [3.8, 4) is 28.5 Å². The summed E-state index contributed by atoms with van der Waals surface area (Å²) in [5, 5.41) is 11.9. The van der Waals surface area contributed by atoms with Crippen LogP contribution in [-0.4, -0.2) is 43.4 Å². The molecule has 1 aliphatic rings. The largest absolute Gasteiger partial charge is 0.494 e. The van der Waals surface area contributed by atoms with Crippen molar-refractivity contribution in [3.05, 3.63) is 65.2 Å². The number of methoxy groups -OCH3 is 2. The maximum Gasteiger partial charge on any atom is 0.419 e. The number of anilines is 1. The fourth-order valence-corrected chi connectivity index (χ4v) is 4.64. The monoisotopic (exact) mass is 530 g/mol. The number of nitrogens with zero attached hydrogens (tertiary/aromatic N) is 1. The van der Waals surface area contributed by atoms with Gasteiger partial charge in [0.25, 0.3) is 0 Å². The maximum atomic E-state index is 13.6. The van der Waals surface area contributed by atoms with Gasteiger partial charge in [0.2, 0.25) is 0 Å². The second kappa shape index (κ2) is 11.6. The Morgan fingerprint density at radius 1 is 1.08 bits per heavy atom. The average molecular weight is 531 g/mol. The lowest BCUT2D eigenvalue weighted by atomic mass is 9.98. The minimum Gasteiger partial charge on any atom is -0.494 e. The van der Waals surface area contributed by atoms with Crippen molar-refractivity contribution < 1.29 is 37.3 Å². The zero-order valence-electron chi connectivity index (χ0n) is 21.1. The molecule has 202 valence electrons. The Bertz CT molecular complexity index is 1300. The van der Waals surface area contributed by atoms with Crippen molar-refractivity contribution in [2.45, 2.75) is 37.8 Å². The molecular formula is C28H29F3N2O5. The highest BCUT2D eigenvalue weighted by atomic mass is 19.4. The Hall–Kier alpha value is -3.95. The Kier molecular flexibility index (Phi) is 8.29. The molecule has 0 aliphatic heterocycles. The summed E-state index contributed by atoms with van der Waals surface area (Å²) in [6, 6.07) is 13.0. The number of carbonyl (C=O) groups is 1. The molecule has 3 aromatic rings. The zero-order valence-corrected chi connectivity index (χ0v) is 21.1. The number of ether oxygens (including phenoxy) is 3. The second-order valence-corrected chi connectivity index (χ2v) is 8.98. The summed E-state index contributed by atoms with van der Waals surface area (Å²) in [6.07, 6.45) is -2.41. The van der Waals surface area contributed by atoms with Crippen LogP contribution in [0.2, 0.25) is 0 Å². The number of hydrogen-bond donors (Lipinski definition) is 2. The molecule has 0 fully saturated rings. The predicted octanol–water partition coefficient (Wildman–Crippen LogP) is 6.17. The molecule has 0 amide bonds. The molecule has 0 unspecified atom stereocenters. The molecule has 1 heterocycles. The van der Waals surface area contributed by atoms with Crippen LogP contribution in [0.1, 0.15) is 41.9 Å². The van der Waals surface area contributed by atoms with Crippen LogP contribution < -0.4 is 19.5 Å². The van der Waals surface area contributed by atoms with E-state index in [1.54, 1.807) is 18.2 Å². The fourth-order valence-electron chi connectivity index (χ4n) is 4.64. The normalized spacial score (nSPS) is 14.6. The summed E-state index contributed by atoms with van der Waals surface area (Å²) in [5.74, 6) is 0.558. The molecule has 1 atom stereocenters. The topological polar surface area (TPSA) is 89.9 Å². The number of carboxylic acids is 1. The standard InChI is InChI=1S/C28H29F3N2O5/c1-36-24-11-6-19(15-25(24)37-2)23-10-9-22(28(29,30)31)27(33-23)32-12-3-13-38-20-7-8-21-17(14-20)4-5-18(21)16-26(34)35/h6-11,14-15,18H,3-5,12-13,16H2,1-2H3,(H,32,33)(H,34,35)/t18-/m0/s1. The van der Waals surface area contributed by atoms with Gasteiger partial charge in [-0.25, -0.2) is 4.98 Å². The summed E-state index contributed by atoms with van der Waals surface area (Å²) in [7, 11) is 2.98. The first-order valence-corrected chi connectivity index (χ1v) is 12.2. The molecule has 0 spiro atoms. The van der Waals surface area contributed by atoms with Gasteiger partial charge >= 0.3 is 12.1 Å². The molecule has 0 saturated heterocycles. The van der Waals surface area contributed by atoms with E-state index in [1.165, 1.54) is 20.3 Å². The number of alkyl halides is 3. The summed E-state index contributed by atoms with van der Waals surface area (Å²) in [4.78, 5) is 15.3. The molecule has 0 saturated carbocycles. The molecule has 10 heteroatoms. The van der Waals surface area contributed by atoms with Crippen molar-refractivity contribution in [1.82, 2.24) is 4.98 Å². The lowest BCUT2D eigenvalue weighted by molar-refractivity contribution is -0.138. The van der Waals surface area contributed by atoms with E-state index < -0.39 is 17.7 Å². The Labute approximate surface area is 218 Å². The molecule has 1 aromatic heterocycles. The number of fused-ring (bicyclic) bond motifs is 1. The van der Waals surface area contributed by atoms with E-state index in [4.69, 9.17) is 19.3 Å². The number of aliphatic carboxylic acids is 1. The first-order chi connectivity index (χ1) is 18.2. The van der Waals surface area contributed by atoms with E-state index in [2.05, 4.69) is 10.3 Å². The van der Waals surface area contributed by atoms with Gasteiger partial charge in [0.1, 0.15) is 11.6 Å². The molecular weight excluding hydrogens is 501 g/mol. The van der Waals surface area contributed by atoms with Gasteiger partial charge in [0.15, 0.2) is 11.5 Å². The third-order valence-electron chi connectivity index (χ3n) is 6.50. The summed E-state index contributed by atoms with van der Waals surface area (Å²) in [6.45, 7) is 0.512. The van der Waals surface area contributed by atoms with E-state index >= 15 is 0 Å². The van der Waals surface area contributed by atoms with E-state index in [9.17, 15) is 18.0 Å². The Balaban J connectivity index is 1.39. The Morgan fingerprint density at radius 3 is 2.58 bits per heavy atom. The highest BCUT2D eigenvalue weighted by Crippen LogP contribution is 2.38. The van der Waals surface area contributed by atoms with E-state index in [-0.39, 0.29) is 24.7 Å². The number of rotatable bonds is 11. The smallest absolute Gasteiger partial charge is 0.419 e. The molecule has 2 aromatic carbocycles. The Morgan fingerprint density at radius 2 is 1.87 bits per heavy atom. The van der Waals surface area contributed by atoms with Crippen molar-refractivity contribution in [2.24, 2.45) is 0 Å². The lowest BCUT2D eigenvalue weighted by Gasteiger charge is -2.16. The first-order valence-electron chi connectivity index (χ1n) is 12.2. The van der Waals surface area contributed by atoms with Crippen molar-refractivity contribution in [2.75, 3.05) is 32.7 Å². The number of hydrogen-bond acceptors (Lipinski definition) is 6. The summed E-state index contributed by atoms with van der Waals surface area (Å²) in [5.41, 5.74) is 2.22. The summed E-state index contributed by atoms with van der Waals surface area (Å²) < 4.78 is 57.2. The van der Waals surface area contributed by atoms with Crippen molar-refractivity contribution in [1.29, 1.82) is 0 Å². The van der Waals surface area contributed by atoms with Crippen LogP contribution in [0.25, 0.3) is 11.3 Å². The minimum atomic E-state index is -4.56. The number of pyridine rings is 1. The van der Waals surface area contributed by atoms with E-state index in [0.717, 1.165) is 30.0 Å². The summed E-state index contributed by atoms with van der Waals surface area (Å²) >= 11 is 0. The van der Waals surface area contributed by atoms with Gasteiger partial charge in [-0.3, -0.25) is 4.79 Å². The molecule has 7 nitrogen and oxygen atoms in total.